The fourth-order valence-electron chi connectivity index (χ4n) is 5.85. The quantitative estimate of drug-likeness (QED) is 0.182. The number of rotatable bonds is 6. The molecule has 0 atom stereocenters. The van der Waals surface area contributed by atoms with Crippen LogP contribution in [-0.4, -0.2) is 25.1 Å². The third-order valence-electron chi connectivity index (χ3n) is 7.48. The first-order valence-electron chi connectivity index (χ1n) is 12.6. The van der Waals surface area contributed by atoms with Gasteiger partial charge in [0.25, 0.3) is 0 Å². The van der Waals surface area contributed by atoms with Gasteiger partial charge in [0.05, 0.1) is 19.6 Å². The summed E-state index contributed by atoms with van der Waals surface area (Å²) in [7, 11) is 3.22. The first-order chi connectivity index (χ1) is 19.8. The van der Waals surface area contributed by atoms with Gasteiger partial charge in [0.1, 0.15) is 11.5 Å². The molecule has 8 heteroatoms. The van der Waals surface area contributed by atoms with Gasteiger partial charge in [0.15, 0.2) is 11.5 Å². The molecular weight excluding hydrogens is 563 g/mol. The predicted molar refractivity (Wildman–Crippen MR) is 158 cm³/mol. The SMILES string of the molecule is COc1cc2c(cc1OC)C(c1ccc(OC(=O)Cl)cc1)(c1ccc(OC(=O)Cl)cc1)c1cc3ccccc3cc1-2. The zero-order chi connectivity index (χ0) is 28.7. The Morgan fingerprint density at radius 3 is 1.51 bits per heavy atom. The van der Waals surface area contributed by atoms with Crippen LogP contribution >= 0.6 is 23.2 Å². The molecule has 41 heavy (non-hydrogen) atoms. The Morgan fingerprint density at radius 1 is 0.585 bits per heavy atom. The van der Waals surface area contributed by atoms with Gasteiger partial charge in [-0.05, 0) is 92.7 Å². The smallest absolute Gasteiger partial charge is 0.409 e. The van der Waals surface area contributed by atoms with Gasteiger partial charge < -0.3 is 18.9 Å². The second-order valence-electron chi connectivity index (χ2n) is 9.48. The Hall–Kier alpha value is -4.52. The standard InChI is InChI=1S/C33H22Cl2O6/c1-38-29-17-26-25-15-19-5-3-4-6-20(19)16-27(25)33(28(26)18-30(29)39-2,21-7-11-23(12-8-21)40-31(34)36)22-9-13-24(14-10-22)41-32(35)37/h3-18H,1-2H3. The average molecular weight is 585 g/mol. The molecule has 6 nitrogen and oxygen atoms in total. The van der Waals surface area contributed by atoms with Crippen molar-refractivity contribution in [3.8, 4) is 34.1 Å². The van der Waals surface area contributed by atoms with Crippen LogP contribution in [0.25, 0.3) is 21.9 Å². The number of hydrogen-bond acceptors (Lipinski definition) is 6. The lowest BCUT2D eigenvalue weighted by Gasteiger charge is -2.34. The van der Waals surface area contributed by atoms with Crippen molar-refractivity contribution in [2.75, 3.05) is 14.2 Å². The van der Waals surface area contributed by atoms with E-state index in [1.807, 2.05) is 48.5 Å². The molecule has 0 amide bonds. The van der Waals surface area contributed by atoms with Crippen LogP contribution in [0.4, 0.5) is 9.59 Å². The summed E-state index contributed by atoms with van der Waals surface area (Å²) in [6, 6.07) is 31.0. The molecule has 0 aliphatic heterocycles. The second kappa shape index (κ2) is 10.5. The lowest BCUT2D eigenvalue weighted by atomic mass is 9.67. The highest BCUT2D eigenvalue weighted by molar-refractivity contribution is 6.61. The van der Waals surface area contributed by atoms with Gasteiger partial charge in [-0.2, -0.15) is 0 Å². The maximum absolute atomic E-state index is 11.4. The lowest BCUT2D eigenvalue weighted by molar-refractivity contribution is 0.224. The van der Waals surface area contributed by atoms with E-state index >= 15 is 0 Å². The van der Waals surface area contributed by atoms with Crippen molar-refractivity contribution in [1.82, 2.24) is 0 Å². The Labute approximate surface area is 245 Å². The molecule has 0 N–H and O–H groups in total. The summed E-state index contributed by atoms with van der Waals surface area (Å²) in [5.41, 5.74) is 3.13. The van der Waals surface area contributed by atoms with E-state index in [2.05, 4.69) is 24.3 Å². The monoisotopic (exact) mass is 584 g/mol. The summed E-state index contributed by atoms with van der Waals surface area (Å²) in [5.74, 6) is 1.82. The molecule has 1 aliphatic carbocycles. The van der Waals surface area contributed by atoms with Crippen LogP contribution < -0.4 is 18.9 Å². The number of ether oxygens (including phenoxy) is 4. The van der Waals surface area contributed by atoms with Crippen LogP contribution in [0.5, 0.6) is 23.0 Å². The Morgan fingerprint density at radius 2 is 1.02 bits per heavy atom. The van der Waals surface area contributed by atoms with Crippen LogP contribution in [0.2, 0.25) is 0 Å². The van der Waals surface area contributed by atoms with E-state index in [0.29, 0.717) is 23.0 Å². The summed E-state index contributed by atoms with van der Waals surface area (Å²) in [6.07, 6.45) is 0. The molecule has 0 saturated heterocycles. The van der Waals surface area contributed by atoms with E-state index in [0.717, 1.165) is 44.2 Å². The minimum Gasteiger partial charge on any atom is -0.493 e. The summed E-state index contributed by atoms with van der Waals surface area (Å²) >= 11 is 10.9. The van der Waals surface area contributed by atoms with Crippen LogP contribution in [0, 0.1) is 0 Å². The molecule has 5 aromatic carbocycles. The minimum absolute atomic E-state index is 0.317. The Balaban J connectivity index is 1.72. The average Bonchev–Trinajstić information content (AvgIpc) is 3.24. The van der Waals surface area contributed by atoms with Gasteiger partial charge in [-0.25, -0.2) is 9.59 Å². The number of fused-ring (bicyclic) bond motifs is 4. The van der Waals surface area contributed by atoms with Gasteiger partial charge in [-0.1, -0.05) is 48.5 Å². The zero-order valence-corrected chi connectivity index (χ0v) is 23.5. The topological polar surface area (TPSA) is 71.1 Å². The lowest BCUT2D eigenvalue weighted by Crippen LogP contribution is -2.28. The molecule has 5 aromatic rings. The number of carbonyl (C=O) groups excluding carboxylic acids is 2. The maximum atomic E-state index is 11.4. The summed E-state index contributed by atoms with van der Waals surface area (Å²) in [5, 5.41) is 2.17. The van der Waals surface area contributed by atoms with Crippen molar-refractivity contribution >= 4 is 44.8 Å². The molecule has 0 spiro atoms. The van der Waals surface area contributed by atoms with Crippen molar-refractivity contribution in [2.24, 2.45) is 0 Å². The molecule has 0 heterocycles. The first kappa shape index (κ1) is 26.7. The molecule has 0 unspecified atom stereocenters. The third-order valence-corrected chi connectivity index (χ3v) is 7.63. The maximum Gasteiger partial charge on any atom is 0.409 e. The van der Waals surface area contributed by atoms with Gasteiger partial charge in [-0.15, -0.1) is 0 Å². The van der Waals surface area contributed by atoms with Crippen LogP contribution in [0.1, 0.15) is 22.3 Å². The van der Waals surface area contributed by atoms with Gasteiger partial charge >= 0.3 is 10.9 Å². The van der Waals surface area contributed by atoms with Crippen molar-refractivity contribution in [2.45, 2.75) is 5.41 Å². The molecule has 0 radical (unpaired) electrons. The van der Waals surface area contributed by atoms with E-state index in [-0.39, 0.29) is 0 Å². The van der Waals surface area contributed by atoms with Gasteiger partial charge in [0.2, 0.25) is 0 Å². The number of halogens is 2. The highest BCUT2D eigenvalue weighted by atomic mass is 35.5. The van der Waals surface area contributed by atoms with Crippen molar-refractivity contribution in [3.63, 3.8) is 0 Å². The van der Waals surface area contributed by atoms with E-state index in [4.69, 9.17) is 42.1 Å². The molecule has 0 saturated carbocycles. The molecule has 204 valence electrons. The van der Waals surface area contributed by atoms with E-state index in [1.165, 1.54) is 0 Å². The highest BCUT2D eigenvalue weighted by Gasteiger charge is 2.47. The van der Waals surface area contributed by atoms with Crippen molar-refractivity contribution in [3.05, 3.63) is 119 Å². The van der Waals surface area contributed by atoms with E-state index in [1.54, 1.807) is 38.5 Å². The van der Waals surface area contributed by atoms with Crippen molar-refractivity contribution in [1.29, 1.82) is 0 Å². The normalized spacial score (nSPS) is 12.8. The number of methoxy groups -OCH3 is 2. The Bertz CT molecular complexity index is 1750. The minimum atomic E-state index is -0.920. The van der Waals surface area contributed by atoms with E-state index in [9.17, 15) is 9.59 Å². The highest BCUT2D eigenvalue weighted by Crippen LogP contribution is 2.59. The number of benzene rings is 5. The first-order valence-corrected chi connectivity index (χ1v) is 13.4. The molecule has 0 aromatic heterocycles. The summed E-state index contributed by atoms with van der Waals surface area (Å²) in [6.45, 7) is 0. The number of carbonyl (C=O) groups is 2. The summed E-state index contributed by atoms with van der Waals surface area (Å²) < 4.78 is 21.7. The molecule has 6 rings (SSSR count). The van der Waals surface area contributed by atoms with Crippen LogP contribution in [0.15, 0.2) is 97.1 Å². The van der Waals surface area contributed by atoms with Crippen molar-refractivity contribution < 1.29 is 28.5 Å². The predicted octanol–water partition coefficient (Wildman–Crippen LogP) is 8.70. The zero-order valence-electron chi connectivity index (χ0n) is 21.9. The number of hydrogen-bond donors (Lipinski definition) is 0. The Kier molecular flexibility index (Phi) is 6.81. The molecule has 0 bridgehead atoms. The van der Waals surface area contributed by atoms with Gasteiger partial charge in [-0.3, -0.25) is 0 Å². The third kappa shape index (κ3) is 4.46. The van der Waals surface area contributed by atoms with Gasteiger partial charge in [0, 0.05) is 23.2 Å². The molecule has 0 fully saturated rings. The van der Waals surface area contributed by atoms with Crippen LogP contribution in [-0.2, 0) is 5.41 Å². The van der Waals surface area contributed by atoms with E-state index < -0.39 is 16.3 Å². The summed E-state index contributed by atoms with van der Waals surface area (Å²) in [4.78, 5) is 22.8. The molecular formula is C33H22Cl2O6. The van der Waals surface area contributed by atoms with Crippen LogP contribution in [0.3, 0.4) is 0 Å². The fourth-order valence-corrected chi connectivity index (χ4v) is 6.03. The fraction of sp³-hybridized carbons (Fsp3) is 0.0909. The largest absolute Gasteiger partial charge is 0.493 e. The second-order valence-corrected chi connectivity index (χ2v) is 10.1. The molecule has 1 aliphatic rings.